The van der Waals surface area contributed by atoms with E-state index in [-0.39, 0.29) is 11.2 Å². The normalized spacial score (nSPS) is 11.2. The molecule has 250 valence electrons. The van der Waals surface area contributed by atoms with E-state index >= 15 is 0 Å². The highest BCUT2D eigenvalue weighted by Gasteiger charge is 2.18. The summed E-state index contributed by atoms with van der Waals surface area (Å²) in [7, 11) is 0. The van der Waals surface area contributed by atoms with Gasteiger partial charge in [-0.3, -0.25) is 4.79 Å². The van der Waals surface area contributed by atoms with E-state index in [4.69, 9.17) is 23.6 Å². The Morgan fingerprint density at radius 1 is 0.816 bits per heavy atom. The van der Waals surface area contributed by atoms with Gasteiger partial charge in [0.25, 0.3) is 0 Å². The molecule has 0 aromatic heterocycles. The maximum atomic E-state index is 13.2. The van der Waals surface area contributed by atoms with Crippen molar-refractivity contribution in [3.05, 3.63) is 107 Å². The van der Waals surface area contributed by atoms with Gasteiger partial charge < -0.3 is 23.5 Å². The van der Waals surface area contributed by atoms with Gasteiger partial charge in [0.05, 0.1) is 18.8 Å². The molecule has 0 unspecified atom stereocenters. The van der Waals surface area contributed by atoms with Gasteiger partial charge in [0.1, 0.15) is 22.7 Å². The van der Waals surface area contributed by atoms with Crippen LogP contribution in [0.25, 0.3) is 44.1 Å². The zero-order chi connectivity index (χ0) is 34.3. The zero-order valence-electron chi connectivity index (χ0n) is 27.7. The van der Waals surface area contributed by atoms with Crippen LogP contribution in [-0.4, -0.2) is 43.2 Å². The Morgan fingerprint density at radius 3 is 2.37 bits per heavy atom. The molecule has 1 aliphatic carbocycles. The predicted molar refractivity (Wildman–Crippen MR) is 192 cm³/mol. The molecular formula is C40H38N2O7. The first kappa shape index (κ1) is 33.2. The molecule has 0 spiro atoms. The second-order valence-corrected chi connectivity index (χ2v) is 11.7. The Hall–Kier alpha value is -5.70. The molecule has 1 aliphatic heterocycles. The van der Waals surface area contributed by atoms with Crippen molar-refractivity contribution in [3.8, 4) is 23.0 Å². The number of esters is 2. The SMILES string of the molecule is C=CC(=O)OCCCCCCOc1ccc2cc(C(=O)Oc3ccc4c5nc6ccc(N(CC)CC)cc6oc-5cc(=O)c4c3)ccc2c1. The molecule has 9 nitrogen and oxygen atoms in total. The molecule has 0 fully saturated rings. The highest BCUT2D eigenvalue weighted by molar-refractivity contribution is 5.99. The number of carbonyl (C=O) groups excluding carboxylic acids is 2. The molecule has 0 amide bonds. The number of fused-ring (bicyclic) bond motifs is 5. The van der Waals surface area contributed by atoms with Crippen molar-refractivity contribution in [1.29, 1.82) is 0 Å². The van der Waals surface area contributed by atoms with Gasteiger partial charge in [-0.15, -0.1) is 0 Å². The van der Waals surface area contributed by atoms with E-state index in [9.17, 15) is 14.4 Å². The number of nitrogens with zero attached hydrogens (tertiary/aromatic N) is 2. The molecule has 9 heteroatoms. The second-order valence-electron chi connectivity index (χ2n) is 11.7. The van der Waals surface area contributed by atoms with Crippen molar-refractivity contribution >= 4 is 50.3 Å². The molecule has 0 saturated carbocycles. The summed E-state index contributed by atoms with van der Waals surface area (Å²) in [5, 5.41) is 2.81. The Morgan fingerprint density at radius 2 is 1.57 bits per heavy atom. The average molecular weight is 659 g/mol. The van der Waals surface area contributed by atoms with Gasteiger partial charge in [0.15, 0.2) is 16.8 Å². The minimum absolute atomic E-state index is 0.250. The van der Waals surface area contributed by atoms with Crippen molar-refractivity contribution in [2.45, 2.75) is 39.5 Å². The van der Waals surface area contributed by atoms with Crippen LogP contribution < -0.4 is 19.8 Å². The van der Waals surface area contributed by atoms with E-state index in [1.807, 2.05) is 42.5 Å². The van der Waals surface area contributed by atoms with Crippen LogP contribution in [0.5, 0.6) is 11.5 Å². The summed E-state index contributed by atoms with van der Waals surface area (Å²) in [4.78, 5) is 44.4. The van der Waals surface area contributed by atoms with Gasteiger partial charge in [-0.1, -0.05) is 18.7 Å². The maximum Gasteiger partial charge on any atom is 0.343 e. The highest BCUT2D eigenvalue weighted by atomic mass is 16.5. The first-order chi connectivity index (χ1) is 23.9. The molecule has 6 rings (SSSR count). The van der Waals surface area contributed by atoms with E-state index in [2.05, 4.69) is 25.3 Å². The van der Waals surface area contributed by atoms with Crippen molar-refractivity contribution in [1.82, 2.24) is 4.98 Å². The van der Waals surface area contributed by atoms with Crippen molar-refractivity contribution in [2.24, 2.45) is 0 Å². The van der Waals surface area contributed by atoms with Gasteiger partial charge in [-0.25, -0.2) is 14.6 Å². The van der Waals surface area contributed by atoms with E-state index in [1.54, 1.807) is 30.3 Å². The van der Waals surface area contributed by atoms with Crippen LogP contribution in [0.2, 0.25) is 0 Å². The number of aromatic nitrogens is 1. The number of carbonyl (C=O) groups is 2. The van der Waals surface area contributed by atoms with Crippen LogP contribution in [0.4, 0.5) is 5.69 Å². The third kappa shape index (κ3) is 7.56. The van der Waals surface area contributed by atoms with E-state index < -0.39 is 11.9 Å². The number of ether oxygens (including phenoxy) is 3. The Bertz CT molecular complexity index is 2180. The highest BCUT2D eigenvalue weighted by Crippen LogP contribution is 2.33. The molecule has 0 saturated heterocycles. The van der Waals surface area contributed by atoms with E-state index in [1.165, 1.54) is 12.1 Å². The lowest BCUT2D eigenvalue weighted by Crippen LogP contribution is -2.21. The lowest BCUT2D eigenvalue weighted by atomic mass is 10.0. The molecule has 0 N–H and O–H groups in total. The molecule has 0 bridgehead atoms. The molecule has 49 heavy (non-hydrogen) atoms. The second kappa shape index (κ2) is 15.0. The van der Waals surface area contributed by atoms with Gasteiger partial charge in [-0.05, 0) is 105 Å². The van der Waals surface area contributed by atoms with Gasteiger partial charge in [0.2, 0.25) is 0 Å². The van der Waals surface area contributed by atoms with Crippen LogP contribution in [0.15, 0.2) is 101 Å². The summed E-state index contributed by atoms with van der Waals surface area (Å²) < 4.78 is 22.8. The largest absolute Gasteiger partial charge is 0.494 e. The monoisotopic (exact) mass is 658 g/mol. The van der Waals surface area contributed by atoms with Gasteiger partial charge in [-0.2, -0.15) is 0 Å². The quantitative estimate of drug-likeness (QED) is 0.0285. The lowest BCUT2D eigenvalue weighted by molar-refractivity contribution is -0.137. The molecule has 4 aromatic rings. The topological polar surface area (TPSA) is 108 Å². The van der Waals surface area contributed by atoms with Gasteiger partial charge in [0, 0.05) is 47.8 Å². The zero-order valence-corrected chi connectivity index (χ0v) is 27.7. The van der Waals surface area contributed by atoms with Crippen molar-refractivity contribution in [2.75, 3.05) is 31.2 Å². The van der Waals surface area contributed by atoms with Crippen LogP contribution in [-0.2, 0) is 9.53 Å². The van der Waals surface area contributed by atoms with Crippen molar-refractivity contribution < 1.29 is 28.2 Å². The fraction of sp³-hybridized carbons (Fsp3) is 0.250. The van der Waals surface area contributed by atoms with Crippen LogP contribution in [0, 0.1) is 0 Å². The smallest absolute Gasteiger partial charge is 0.343 e. The molecule has 0 atom stereocenters. The standard InChI is InChI=1S/C40H38N2O7/c1-4-38(44)47-20-10-8-7-9-19-46-30-15-13-26-21-28(12-11-27(26)22-30)40(45)48-31-16-17-32-33(24-31)35(43)25-37-39(32)41-34-18-14-29(23-36(34)49-37)42(5-2)6-3/h4,11-18,21-25H,1,5-10,19-20H2,2-3H3. The number of hydrogen-bond donors (Lipinski definition) is 0. The average Bonchev–Trinajstić information content (AvgIpc) is 3.12. The third-order valence-corrected chi connectivity index (χ3v) is 8.51. The molecule has 1 heterocycles. The number of rotatable bonds is 14. The minimum Gasteiger partial charge on any atom is -0.494 e. The number of hydrogen-bond acceptors (Lipinski definition) is 9. The fourth-order valence-electron chi connectivity index (χ4n) is 5.88. The Labute approximate surface area is 284 Å². The summed E-state index contributed by atoms with van der Waals surface area (Å²) in [6.07, 6.45) is 4.78. The van der Waals surface area contributed by atoms with E-state index in [0.29, 0.717) is 52.1 Å². The molecule has 4 aromatic carbocycles. The van der Waals surface area contributed by atoms with E-state index in [0.717, 1.165) is 61.0 Å². The first-order valence-corrected chi connectivity index (χ1v) is 16.6. The molecule has 2 aliphatic rings. The molecule has 0 radical (unpaired) electrons. The summed E-state index contributed by atoms with van der Waals surface area (Å²) in [5.41, 5.74) is 3.03. The fourth-order valence-corrected chi connectivity index (χ4v) is 5.88. The summed E-state index contributed by atoms with van der Waals surface area (Å²) in [6.45, 7) is 10.3. The minimum atomic E-state index is -0.530. The summed E-state index contributed by atoms with van der Waals surface area (Å²) in [5.74, 6) is 0.487. The van der Waals surface area contributed by atoms with Crippen molar-refractivity contribution in [3.63, 3.8) is 0 Å². The number of anilines is 1. The summed E-state index contributed by atoms with van der Waals surface area (Å²) in [6, 6.07) is 23.4. The molecular weight excluding hydrogens is 620 g/mol. The van der Waals surface area contributed by atoms with Crippen LogP contribution >= 0.6 is 0 Å². The third-order valence-electron chi connectivity index (χ3n) is 8.51. The Kier molecular flexibility index (Phi) is 10.2. The first-order valence-electron chi connectivity index (χ1n) is 16.6. The van der Waals surface area contributed by atoms with Crippen LogP contribution in [0.3, 0.4) is 0 Å². The maximum absolute atomic E-state index is 13.2. The van der Waals surface area contributed by atoms with Gasteiger partial charge >= 0.3 is 11.9 Å². The van der Waals surface area contributed by atoms with Crippen LogP contribution in [0.1, 0.15) is 49.9 Å². The number of benzene rings is 5. The number of unbranched alkanes of at least 4 members (excludes halogenated alkanes) is 3. The Balaban J connectivity index is 1.11. The summed E-state index contributed by atoms with van der Waals surface area (Å²) >= 11 is 0. The predicted octanol–water partition coefficient (Wildman–Crippen LogP) is 8.33. The lowest BCUT2D eigenvalue weighted by Gasteiger charge is -2.21.